The van der Waals surface area contributed by atoms with Gasteiger partial charge in [0.2, 0.25) is 18.6 Å². The number of para-hydroxylation sites is 1. The lowest BCUT2D eigenvalue weighted by molar-refractivity contribution is -0.127. The Hall–Kier alpha value is -3.22. The monoisotopic (exact) mass is 380 g/mol. The molecular weight excluding hydrogens is 360 g/mol. The number of rotatable bonds is 3. The van der Waals surface area contributed by atoms with Gasteiger partial charge >= 0.3 is 0 Å². The average Bonchev–Trinajstić information content (AvgIpc) is 3.34. The number of carbonyl (C=O) groups excluding carboxylic acids is 2. The summed E-state index contributed by atoms with van der Waals surface area (Å²) in [6.07, 6.45) is 0.917. The van der Waals surface area contributed by atoms with Gasteiger partial charge in [-0.15, -0.1) is 0 Å². The standard InChI is InChI=1S/C21H20N2O5/c24-20-9-13(11-23(20)14-5-6-18-19(10-14)28-12-27-18)21(25)22-16-7-8-26-17-4-2-1-3-15(16)17/h1-6,10,13,16H,7-9,11-12H2,(H,22,25). The first-order valence-corrected chi connectivity index (χ1v) is 9.41. The maximum Gasteiger partial charge on any atom is 0.231 e. The minimum absolute atomic E-state index is 0.0635. The molecule has 0 bridgehead atoms. The fourth-order valence-electron chi connectivity index (χ4n) is 3.97. The van der Waals surface area contributed by atoms with Gasteiger partial charge in [-0.2, -0.15) is 0 Å². The first kappa shape index (κ1) is 16.9. The van der Waals surface area contributed by atoms with E-state index < -0.39 is 0 Å². The van der Waals surface area contributed by atoms with E-state index in [2.05, 4.69) is 5.32 Å². The van der Waals surface area contributed by atoms with Crippen LogP contribution < -0.4 is 24.4 Å². The van der Waals surface area contributed by atoms with Crippen molar-refractivity contribution >= 4 is 17.5 Å². The SMILES string of the molecule is O=C(NC1CCOc2ccccc21)C1CC(=O)N(c2ccc3c(c2)OCO3)C1. The molecule has 28 heavy (non-hydrogen) atoms. The summed E-state index contributed by atoms with van der Waals surface area (Å²) < 4.78 is 16.4. The molecule has 0 saturated carbocycles. The second-order valence-electron chi connectivity index (χ2n) is 7.18. The van der Waals surface area contributed by atoms with Crippen LogP contribution in [0, 0.1) is 5.92 Å². The van der Waals surface area contributed by atoms with Gasteiger partial charge in [-0.1, -0.05) is 18.2 Å². The van der Waals surface area contributed by atoms with Crippen LogP contribution in [0.25, 0.3) is 0 Å². The predicted molar refractivity (Wildman–Crippen MR) is 100 cm³/mol. The Morgan fingerprint density at radius 1 is 1.04 bits per heavy atom. The number of fused-ring (bicyclic) bond motifs is 2. The Morgan fingerprint density at radius 2 is 1.89 bits per heavy atom. The molecule has 2 amide bonds. The van der Waals surface area contributed by atoms with Gasteiger partial charge in [-0.3, -0.25) is 9.59 Å². The molecule has 0 aliphatic carbocycles. The molecule has 5 rings (SSSR count). The van der Waals surface area contributed by atoms with E-state index in [9.17, 15) is 9.59 Å². The molecule has 2 aromatic carbocycles. The molecule has 0 spiro atoms. The highest BCUT2D eigenvalue weighted by Gasteiger charge is 2.37. The predicted octanol–water partition coefficient (Wildman–Crippen LogP) is 2.41. The third-order valence-electron chi connectivity index (χ3n) is 5.44. The number of hydrogen-bond donors (Lipinski definition) is 1. The Labute approximate surface area is 162 Å². The van der Waals surface area contributed by atoms with E-state index >= 15 is 0 Å². The minimum atomic E-state index is -0.382. The maximum absolute atomic E-state index is 12.9. The van der Waals surface area contributed by atoms with Crippen molar-refractivity contribution in [3.05, 3.63) is 48.0 Å². The molecular formula is C21H20N2O5. The van der Waals surface area contributed by atoms with Crippen molar-refractivity contribution in [1.82, 2.24) is 5.32 Å². The van der Waals surface area contributed by atoms with Crippen molar-refractivity contribution in [3.63, 3.8) is 0 Å². The van der Waals surface area contributed by atoms with E-state index in [1.54, 1.807) is 17.0 Å². The summed E-state index contributed by atoms with van der Waals surface area (Å²) in [6, 6.07) is 13.0. The Bertz CT molecular complexity index is 944. The molecule has 7 heteroatoms. The van der Waals surface area contributed by atoms with Gasteiger partial charge in [0.1, 0.15) is 5.75 Å². The minimum Gasteiger partial charge on any atom is -0.493 e. The molecule has 2 aromatic rings. The lowest BCUT2D eigenvalue weighted by Crippen LogP contribution is -2.37. The van der Waals surface area contributed by atoms with Crippen molar-refractivity contribution in [2.24, 2.45) is 5.92 Å². The van der Waals surface area contributed by atoms with Gasteiger partial charge in [0, 0.05) is 36.7 Å². The smallest absolute Gasteiger partial charge is 0.231 e. The van der Waals surface area contributed by atoms with Gasteiger partial charge in [-0.05, 0) is 18.2 Å². The van der Waals surface area contributed by atoms with Crippen molar-refractivity contribution in [1.29, 1.82) is 0 Å². The van der Waals surface area contributed by atoms with Gasteiger partial charge in [0.25, 0.3) is 0 Å². The van der Waals surface area contributed by atoms with Crippen LogP contribution in [0.1, 0.15) is 24.4 Å². The lowest BCUT2D eigenvalue weighted by atomic mass is 9.99. The van der Waals surface area contributed by atoms with Crippen LogP contribution in [0.2, 0.25) is 0 Å². The van der Waals surface area contributed by atoms with Crippen LogP contribution in [0.5, 0.6) is 17.2 Å². The molecule has 0 aromatic heterocycles. The van der Waals surface area contributed by atoms with Crippen LogP contribution in [0.4, 0.5) is 5.69 Å². The van der Waals surface area contributed by atoms with Crippen LogP contribution in [0.15, 0.2) is 42.5 Å². The number of anilines is 1. The van der Waals surface area contributed by atoms with Gasteiger partial charge in [-0.25, -0.2) is 0 Å². The number of carbonyl (C=O) groups is 2. The lowest BCUT2D eigenvalue weighted by Gasteiger charge is -2.27. The summed E-state index contributed by atoms with van der Waals surface area (Å²) in [5.74, 6) is 1.56. The summed E-state index contributed by atoms with van der Waals surface area (Å²) >= 11 is 0. The molecule has 3 heterocycles. The molecule has 2 unspecified atom stereocenters. The van der Waals surface area contributed by atoms with E-state index in [1.807, 2.05) is 30.3 Å². The molecule has 2 atom stereocenters. The fourth-order valence-corrected chi connectivity index (χ4v) is 3.97. The van der Waals surface area contributed by atoms with Crippen molar-refractivity contribution in [2.45, 2.75) is 18.9 Å². The third-order valence-corrected chi connectivity index (χ3v) is 5.44. The molecule has 1 N–H and O–H groups in total. The van der Waals surface area contributed by atoms with E-state index in [0.29, 0.717) is 24.7 Å². The molecule has 3 aliphatic heterocycles. The van der Waals surface area contributed by atoms with E-state index in [0.717, 1.165) is 23.4 Å². The summed E-state index contributed by atoms with van der Waals surface area (Å²) in [5, 5.41) is 3.11. The topological polar surface area (TPSA) is 77.1 Å². The zero-order valence-corrected chi connectivity index (χ0v) is 15.2. The molecule has 7 nitrogen and oxygen atoms in total. The summed E-state index contributed by atoms with van der Waals surface area (Å²) in [7, 11) is 0. The van der Waals surface area contributed by atoms with E-state index in [4.69, 9.17) is 14.2 Å². The molecule has 1 fully saturated rings. The number of ether oxygens (including phenoxy) is 3. The average molecular weight is 380 g/mol. The number of hydrogen-bond acceptors (Lipinski definition) is 5. The highest BCUT2D eigenvalue weighted by molar-refractivity contribution is 6.00. The largest absolute Gasteiger partial charge is 0.493 e. The van der Waals surface area contributed by atoms with Gasteiger partial charge in [0.15, 0.2) is 11.5 Å². The molecule has 0 radical (unpaired) electrons. The molecule has 1 saturated heterocycles. The fraction of sp³-hybridized carbons (Fsp3) is 0.333. The van der Waals surface area contributed by atoms with Crippen LogP contribution in [0.3, 0.4) is 0 Å². The number of nitrogens with one attached hydrogen (secondary N) is 1. The first-order valence-electron chi connectivity index (χ1n) is 9.41. The quantitative estimate of drug-likeness (QED) is 0.885. The normalized spacial score (nSPS) is 22.6. The zero-order valence-electron chi connectivity index (χ0n) is 15.2. The van der Waals surface area contributed by atoms with Crippen LogP contribution >= 0.6 is 0 Å². The highest BCUT2D eigenvalue weighted by atomic mass is 16.7. The van der Waals surface area contributed by atoms with Crippen molar-refractivity contribution in [2.75, 3.05) is 24.8 Å². The summed E-state index contributed by atoms with van der Waals surface area (Å²) in [5.41, 5.74) is 1.71. The van der Waals surface area contributed by atoms with Gasteiger partial charge in [0.05, 0.1) is 18.6 Å². The molecule has 3 aliphatic rings. The van der Waals surface area contributed by atoms with Crippen molar-refractivity contribution < 1.29 is 23.8 Å². The van der Waals surface area contributed by atoms with Crippen LogP contribution in [-0.2, 0) is 9.59 Å². The van der Waals surface area contributed by atoms with Crippen LogP contribution in [-0.4, -0.2) is 31.8 Å². The van der Waals surface area contributed by atoms with E-state index in [1.165, 1.54) is 0 Å². The van der Waals surface area contributed by atoms with Crippen molar-refractivity contribution in [3.8, 4) is 17.2 Å². The Balaban J connectivity index is 1.29. The maximum atomic E-state index is 12.9. The number of benzene rings is 2. The highest BCUT2D eigenvalue weighted by Crippen LogP contribution is 2.37. The Morgan fingerprint density at radius 3 is 2.82 bits per heavy atom. The summed E-state index contributed by atoms with van der Waals surface area (Å²) in [4.78, 5) is 27.0. The van der Waals surface area contributed by atoms with Gasteiger partial charge < -0.3 is 24.4 Å². The second kappa shape index (κ2) is 6.74. The number of nitrogens with zero attached hydrogens (tertiary/aromatic N) is 1. The zero-order chi connectivity index (χ0) is 19.1. The second-order valence-corrected chi connectivity index (χ2v) is 7.18. The third kappa shape index (κ3) is 2.93. The Kier molecular flexibility index (Phi) is 4.07. The first-order chi connectivity index (χ1) is 13.7. The van der Waals surface area contributed by atoms with E-state index in [-0.39, 0.29) is 37.0 Å². The number of amides is 2. The molecule has 144 valence electrons. The summed E-state index contributed by atoms with van der Waals surface area (Å²) in [6.45, 7) is 1.11.